The number of carboxylic acids is 1. The Morgan fingerprint density at radius 3 is 2.76 bits per heavy atom. The second-order valence-corrected chi connectivity index (χ2v) is 4.26. The number of hydrogen-bond donors (Lipinski definition) is 1. The van der Waals surface area contributed by atoms with Gasteiger partial charge in [-0.1, -0.05) is 0 Å². The maximum Gasteiger partial charge on any atom is 0.328 e. The summed E-state index contributed by atoms with van der Waals surface area (Å²) >= 11 is 0. The average molecular weight is 235 g/mol. The van der Waals surface area contributed by atoms with Crippen molar-refractivity contribution in [1.82, 2.24) is 0 Å². The molecule has 17 heavy (non-hydrogen) atoms. The first-order valence-electron chi connectivity index (χ1n) is 5.50. The van der Waals surface area contributed by atoms with Crippen molar-refractivity contribution >= 4 is 17.7 Å². The number of hydrogen-bond acceptors (Lipinski definition) is 2. The fraction of sp³-hybridized carbons (Fsp3) is 0.308. The van der Waals surface area contributed by atoms with E-state index < -0.39 is 5.97 Å². The van der Waals surface area contributed by atoms with Crippen LogP contribution < -0.4 is 4.90 Å². The molecule has 3 nitrogen and oxygen atoms in total. The van der Waals surface area contributed by atoms with Gasteiger partial charge in [-0.2, -0.15) is 0 Å². The summed E-state index contributed by atoms with van der Waals surface area (Å²) in [5.74, 6) is -1.38. The third-order valence-electron chi connectivity index (χ3n) is 2.83. The van der Waals surface area contributed by atoms with Crippen molar-refractivity contribution in [2.24, 2.45) is 0 Å². The fourth-order valence-electron chi connectivity index (χ4n) is 1.74. The molecule has 2 rings (SSSR count). The SMILES string of the molecule is CN(c1cc(F)cc(/C=C/C(=O)O)c1)C1CC1. The monoisotopic (exact) mass is 235 g/mol. The first-order valence-corrected chi connectivity index (χ1v) is 5.50. The molecule has 1 N–H and O–H groups in total. The largest absolute Gasteiger partial charge is 0.478 e. The van der Waals surface area contributed by atoms with E-state index in [0.717, 1.165) is 24.6 Å². The maximum atomic E-state index is 13.4. The van der Waals surface area contributed by atoms with Crippen molar-refractivity contribution < 1.29 is 14.3 Å². The van der Waals surface area contributed by atoms with Gasteiger partial charge in [-0.3, -0.25) is 0 Å². The number of aliphatic carboxylic acids is 1. The number of anilines is 1. The molecular formula is C13H14FNO2. The zero-order valence-corrected chi connectivity index (χ0v) is 9.56. The second-order valence-electron chi connectivity index (χ2n) is 4.26. The highest BCUT2D eigenvalue weighted by Crippen LogP contribution is 2.31. The minimum absolute atomic E-state index is 0.347. The summed E-state index contributed by atoms with van der Waals surface area (Å²) in [6, 6.07) is 5.08. The summed E-state index contributed by atoms with van der Waals surface area (Å²) in [5, 5.41) is 8.53. The number of nitrogens with zero attached hydrogens (tertiary/aromatic N) is 1. The van der Waals surface area contributed by atoms with Gasteiger partial charge < -0.3 is 10.0 Å². The molecule has 0 atom stereocenters. The van der Waals surface area contributed by atoms with Gasteiger partial charge >= 0.3 is 5.97 Å². The molecule has 1 aromatic rings. The second kappa shape index (κ2) is 4.57. The summed E-state index contributed by atoms with van der Waals surface area (Å²) in [4.78, 5) is 12.4. The van der Waals surface area contributed by atoms with Crippen LogP contribution >= 0.6 is 0 Å². The van der Waals surface area contributed by atoms with Gasteiger partial charge in [0.05, 0.1) is 0 Å². The lowest BCUT2D eigenvalue weighted by molar-refractivity contribution is -0.131. The predicted molar refractivity (Wildman–Crippen MR) is 64.5 cm³/mol. The molecule has 0 unspecified atom stereocenters. The van der Waals surface area contributed by atoms with Gasteiger partial charge in [0.2, 0.25) is 0 Å². The van der Waals surface area contributed by atoms with Crippen LogP contribution in [0.25, 0.3) is 6.08 Å². The zero-order valence-electron chi connectivity index (χ0n) is 9.56. The van der Waals surface area contributed by atoms with Gasteiger partial charge in [0, 0.05) is 24.9 Å². The standard InChI is InChI=1S/C13H14FNO2/c1-15(11-3-4-11)12-7-9(2-5-13(16)17)6-10(14)8-12/h2,5-8,11H,3-4H2,1H3,(H,16,17)/b5-2+. The smallest absolute Gasteiger partial charge is 0.328 e. The van der Waals surface area contributed by atoms with E-state index in [9.17, 15) is 9.18 Å². The summed E-state index contributed by atoms with van der Waals surface area (Å²) in [7, 11) is 1.93. The van der Waals surface area contributed by atoms with Crippen molar-refractivity contribution in [3.8, 4) is 0 Å². The first kappa shape index (κ1) is 11.6. The molecule has 0 spiro atoms. The van der Waals surface area contributed by atoms with Crippen molar-refractivity contribution in [2.75, 3.05) is 11.9 Å². The Bertz CT molecular complexity index is 466. The van der Waals surface area contributed by atoms with Crippen LogP contribution in [0.1, 0.15) is 18.4 Å². The van der Waals surface area contributed by atoms with Gasteiger partial charge in [-0.25, -0.2) is 9.18 Å². The lowest BCUT2D eigenvalue weighted by atomic mass is 10.1. The quantitative estimate of drug-likeness (QED) is 0.815. The van der Waals surface area contributed by atoms with Crippen molar-refractivity contribution in [3.63, 3.8) is 0 Å². The Kier molecular flexibility index (Phi) is 3.13. The number of carboxylic acid groups (broad SMARTS) is 1. The highest BCUT2D eigenvalue weighted by molar-refractivity contribution is 5.85. The number of halogens is 1. The highest BCUT2D eigenvalue weighted by Gasteiger charge is 2.26. The van der Waals surface area contributed by atoms with Crippen LogP contribution in [0.3, 0.4) is 0 Å². The van der Waals surface area contributed by atoms with E-state index in [-0.39, 0.29) is 5.82 Å². The molecule has 0 aliphatic heterocycles. The molecule has 1 aromatic carbocycles. The summed E-state index contributed by atoms with van der Waals surface area (Å²) in [6.45, 7) is 0. The maximum absolute atomic E-state index is 13.4. The number of benzene rings is 1. The lowest BCUT2D eigenvalue weighted by Gasteiger charge is -2.19. The Labute approximate surface area is 99.2 Å². The Morgan fingerprint density at radius 1 is 1.47 bits per heavy atom. The number of rotatable bonds is 4. The molecule has 1 saturated carbocycles. The van der Waals surface area contributed by atoms with Crippen LogP contribution in [-0.4, -0.2) is 24.2 Å². The Hall–Kier alpha value is -1.84. The third kappa shape index (κ3) is 3.06. The van der Waals surface area contributed by atoms with E-state index in [4.69, 9.17) is 5.11 Å². The zero-order chi connectivity index (χ0) is 12.4. The molecule has 0 amide bonds. The molecule has 0 heterocycles. The Morgan fingerprint density at radius 2 is 2.18 bits per heavy atom. The molecule has 0 saturated heterocycles. The van der Waals surface area contributed by atoms with E-state index in [0.29, 0.717) is 11.6 Å². The van der Waals surface area contributed by atoms with Gasteiger partial charge in [0.25, 0.3) is 0 Å². The minimum atomic E-state index is -1.04. The molecular weight excluding hydrogens is 221 g/mol. The van der Waals surface area contributed by atoms with Crippen LogP contribution in [0.4, 0.5) is 10.1 Å². The van der Waals surface area contributed by atoms with Gasteiger partial charge in [-0.15, -0.1) is 0 Å². The van der Waals surface area contributed by atoms with Gasteiger partial charge in [0.1, 0.15) is 5.82 Å². The van der Waals surface area contributed by atoms with Crippen molar-refractivity contribution in [1.29, 1.82) is 0 Å². The average Bonchev–Trinajstić information content (AvgIpc) is 3.08. The van der Waals surface area contributed by atoms with Crippen LogP contribution in [0.2, 0.25) is 0 Å². The van der Waals surface area contributed by atoms with Crippen molar-refractivity contribution in [2.45, 2.75) is 18.9 Å². The number of carbonyl (C=O) groups is 1. The van der Waals surface area contributed by atoms with E-state index in [1.54, 1.807) is 6.07 Å². The first-order chi connectivity index (χ1) is 8.06. The summed E-state index contributed by atoms with van der Waals surface area (Å²) < 4.78 is 13.4. The molecule has 1 fully saturated rings. The van der Waals surface area contributed by atoms with Gasteiger partial charge in [-0.05, 0) is 42.7 Å². The van der Waals surface area contributed by atoms with Crippen LogP contribution in [0, 0.1) is 5.82 Å². The molecule has 0 bridgehead atoms. The van der Waals surface area contributed by atoms with Crippen molar-refractivity contribution in [3.05, 3.63) is 35.7 Å². The fourth-order valence-corrected chi connectivity index (χ4v) is 1.74. The molecule has 90 valence electrons. The van der Waals surface area contributed by atoms with E-state index in [1.165, 1.54) is 18.2 Å². The minimum Gasteiger partial charge on any atom is -0.478 e. The normalized spacial score (nSPS) is 15.2. The van der Waals surface area contributed by atoms with E-state index in [1.807, 2.05) is 11.9 Å². The highest BCUT2D eigenvalue weighted by atomic mass is 19.1. The molecule has 4 heteroatoms. The lowest BCUT2D eigenvalue weighted by Crippen LogP contribution is -2.19. The van der Waals surface area contributed by atoms with E-state index in [2.05, 4.69) is 0 Å². The molecule has 0 aromatic heterocycles. The molecule has 1 aliphatic carbocycles. The predicted octanol–water partition coefficient (Wildman–Crippen LogP) is 2.52. The topological polar surface area (TPSA) is 40.5 Å². The molecule has 0 radical (unpaired) electrons. The van der Waals surface area contributed by atoms with Crippen LogP contribution in [0.15, 0.2) is 24.3 Å². The van der Waals surface area contributed by atoms with Gasteiger partial charge in [0.15, 0.2) is 0 Å². The Balaban J connectivity index is 2.25. The van der Waals surface area contributed by atoms with E-state index >= 15 is 0 Å². The molecule has 1 aliphatic rings. The third-order valence-corrected chi connectivity index (χ3v) is 2.83. The van der Waals surface area contributed by atoms with Crippen LogP contribution in [-0.2, 0) is 4.79 Å². The van der Waals surface area contributed by atoms with Crippen LogP contribution in [0.5, 0.6) is 0 Å². The summed E-state index contributed by atoms with van der Waals surface area (Å²) in [5.41, 5.74) is 1.35. The summed E-state index contributed by atoms with van der Waals surface area (Å²) in [6.07, 6.45) is 4.67.